The summed E-state index contributed by atoms with van der Waals surface area (Å²) in [5.41, 5.74) is 6.15. The summed E-state index contributed by atoms with van der Waals surface area (Å²) in [4.78, 5) is 10.4. The average molecular weight is 287 g/mol. The number of carbonyl (C=O) groups excluding carboxylic acids is 1. The maximum Gasteiger partial charge on any atom is 0.231 e. The number of halogens is 1. The number of hydrogen-bond acceptors (Lipinski definition) is 3. The molecule has 5 heteroatoms. The second-order valence-electron chi connectivity index (χ2n) is 3.43. The third kappa shape index (κ3) is 4.63. The van der Waals surface area contributed by atoms with Crippen molar-refractivity contribution in [3.63, 3.8) is 0 Å². The van der Waals surface area contributed by atoms with E-state index in [0.29, 0.717) is 13.2 Å². The molecule has 0 fully saturated rings. The van der Waals surface area contributed by atoms with Crippen LogP contribution in [0.2, 0.25) is 0 Å². The summed E-state index contributed by atoms with van der Waals surface area (Å²) in [6.45, 7) is 3.28. The molecule has 1 rings (SSSR count). The second kappa shape index (κ2) is 6.50. The van der Waals surface area contributed by atoms with Crippen LogP contribution >= 0.6 is 15.9 Å². The monoisotopic (exact) mass is 286 g/mol. The molecule has 0 bridgehead atoms. The summed E-state index contributed by atoms with van der Waals surface area (Å²) in [6.07, 6.45) is 0. The quantitative estimate of drug-likeness (QED) is 0.773. The average Bonchev–Trinajstić information content (AvgIpc) is 2.20. The van der Waals surface area contributed by atoms with Gasteiger partial charge in [-0.2, -0.15) is 0 Å². The van der Waals surface area contributed by atoms with Crippen LogP contribution in [0.4, 0.5) is 0 Å². The minimum atomic E-state index is -0.364. The maximum absolute atomic E-state index is 10.4. The molecule has 0 aliphatic heterocycles. The van der Waals surface area contributed by atoms with Gasteiger partial charge < -0.3 is 15.8 Å². The number of amides is 1. The van der Waals surface area contributed by atoms with Gasteiger partial charge in [-0.05, 0) is 40.5 Å². The van der Waals surface area contributed by atoms with Gasteiger partial charge in [-0.1, -0.05) is 6.07 Å². The van der Waals surface area contributed by atoms with Gasteiger partial charge in [0.2, 0.25) is 5.91 Å². The normalized spacial score (nSPS) is 10.1. The van der Waals surface area contributed by atoms with Crippen LogP contribution in [0.3, 0.4) is 0 Å². The first-order valence-electron chi connectivity index (χ1n) is 4.97. The second-order valence-corrected chi connectivity index (χ2v) is 4.28. The zero-order valence-electron chi connectivity index (χ0n) is 9.13. The number of benzene rings is 1. The molecule has 0 saturated carbocycles. The number of primary amides is 1. The van der Waals surface area contributed by atoms with Crippen LogP contribution < -0.4 is 15.8 Å². The molecule has 0 radical (unpaired) electrons. The van der Waals surface area contributed by atoms with Crippen LogP contribution in [0.1, 0.15) is 5.56 Å². The van der Waals surface area contributed by atoms with E-state index >= 15 is 0 Å². The largest absolute Gasteiger partial charge is 0.491 e. The molecule has 0 aromatic heterocycles. The summed E-state index contributed by atoms with van der Waals surface area (Å²) in [5, 5.41) is 2.87. The predicted octanol–water partition coefficient (Wildman–Crippen LogP) is 1.21. The molecule has 0 atom stereocenters. The lowest BCUT2D eigenvalue weighted by Crippen LogP contribution is -2.31. The standard InChI is InChI=1S/C11H15BrN2O2/c1-8-2-3-10(9(12)6-8)16-5-4-14-7-11(13)15/h2-3,6,14H,4-5,7H2,1H3,(H2,13,15). The predicted molar refractivity (Wildman–Crippen MR) is 66.4 cm³/mol. The number of nitrogens with two attached hydrogens (primary N) is 1. The lowest BCUT2D eigenvalue weighted by Gasteiger charge is -2.08. The van der Waals surface area contributed by atoms with Gasteiger partial charge in [-0.15, -0.1) is 0 Å². The summed E-state index contributed by atoms with van der Waals surface area (Å²) >= 11 is 3.42. The molecule has 0 heterocycles. The van der Waals surface area contributed by atoms with E-state index in [1.165, 1.54) is 5.56 Å². The lowest BCUT2D eigenvalue weighted by molar-refractivity contribution is -0.117. The highest BCUT2D eigenvalue weighted by Crippen LogP contribution is 2.25. The summed E-state index contributed by atoms with van der Waals surface area (Å²) in [6, 6.07) is 5.89. The van der Waals surface area contributed by atoms with Crippen LogP contribution in [-0.4, -0.2) is 25.6 Å². The minimum absolute atomic E-state index is 0.179. The van der Waals surface area contributed by atoms with E-state index in [4.69, 9.17) is 10.5 Å². The van der Waals surface area contributed by atoms with E-state index in [0.717, 1.165) is 10.2 Å². The van der Waals surface area contributed by atoms with Gasteiger partial charge in [0, 0.05) is 6.54 Å². The first-order valence-corrected chi connectivity index (χ1v) is 5.77. The smallest absolute Gasteiger partial charge is 0.231 e. The van der Waals surface area contributed by atoms with Gasteiger partial charge >= 0.3 is 0 Å². The third-order valence-electron chi connectivity index (χ3n) is 1.92. The third-order valence-corrected chi connectivity index (χ3v) is 2.54. The molecule has 0 saturated heterocycles. The van der Waals surface area contributed by atoms with Crippen molar-refractivity contribution in [2.24, 2.45) is 5.73 Å². The highest BCUT2D eigenvalue weighted by atomic mass is 79.9. The Morgan fingerprint density at radius 3 is 2.94 bits per heavy atom. The lowest BCUT2D eigenvalue weighted by atomic mass is 10.2. The summed E-state index contributed by atoms with van der Waals surface area (Å²) < 4.78 is 6.44. The van der Waals surface area contributed by atoms with Gasteiger partial charge in [0.25, 0.3) is 0 Å². The van der Waals surface area contributed by atoms with Crippen LogP contribution in [-0.2, 0) is 4.79 Å². The Balaban J connectivity index is 2.29. The molecule has 88 valence electrons. The van der Waals surface area contributed by atoms with Gasteiger partial charge in [-0.25, -0.2) is 0 Å². The van der Waals surface area contributed by atoms with E-state index in [-0.39, 0.29) is 12.5 Å². The number of hydrogen-bond donors (Lipinski definition) is 2. The Labute approximate surface area is 103 Å². The fraction of sp³-hybridized carbons (Fsp3) is 0.364. The van der Waals surface area contributed by atoms with Gasteiger partial charge in [0.15, 0.2) is 0 Å². The molecular formula is C11H15BrN2O2. The Kier molecular flexibility index (Phi) is 5.28. The van der Waals surface area contributed by atoms with Crippen LogP contribution in [0.25, 0.3) is 0 Å². The number of nitrogens with one attached hydrogen (secondary N) is 1. The zero-order chi connectivity index (χ0) is 12.0. The molecule has 0 unspecified atom stereocenters. The van der Waals surface area contributed by atoms with Crippen molar-refractivity contribution in [3.8, 4) is 5.75 Å². The van der Waals surface area contributed by atoms with Crippen LogP contribution in [0.15, 0.2) is 22.7 Å². The van der Waals surface area contributed by atoms with Gasteiger partial charge in [0.1, 0.15) is 12.4 Å². The van der Waals surface area contributed by atoms with Crippen LogP contribution in [0, 0.1) is 6.92 Å². The summed E-state index contributed by atoms with van der Waals surface area (Å²) in [7, 11) is 0. The molecule has 4 nitrogen and oxygen atoms in total. The van der Waals surface area contributed by atoms with E-state index in [9.17, 15) is 4.79 Å². The number of rotatable bonds is 6. The molecule has 1 aromatic carbocycles. The highest BCUT2D eigenvalue weighted by Gasteiger charge is 2.00. The first kappa shape index (κ1) is 13.0. The number of ether oxygens (including phenoxy) is 1. The molecular weight excluding hydrogens is 272 g/mol. The summed E-state index contributed by atoms with van der Waals surface area (Å²) in [5.74, 6) is 0.433. The van der Waals surface area contributed by atoms with Gasteiger partial charge in [0.05, 0.1) is 11.0 Å². The molecule has 3 N–H and O–H groups in total. The molecule has 1 amide bonds. The molecule has 1 aromatic rings. The zero-order valence-corrected chi connectivity index (χ0v) is 10.7. The van der Waals surface area contributed by atoms with Crippen LogP contribution in [0.5, 0.6) is 5.75 Å². The SMILES string of the molecule is Cc1ccc(OCCNCC(N)=O)c(Br)c1. The topological polar surface area (TPSA) is 64.3 Å². The van der Waals surface area contributed by atoms with E-state index in [2.05, 4.69) is 21.2 Å². The first-order chi connectivity index (χ1) is 7.59. The molecule has 0 aliphatic rings. The van der Waals surface area contributed by atoms with Crippen molar-refractivity contribution in [2.75, 3.05) is 19.7 Å². The Bertz CT molecular complexity index is 369. The van der Waals surface area contributed by atoms with Crippen molar-refractivity contribution >= 4 is 21.8 Å². The number of aryl methyl sites for hydroxylation is 1. The number of carbonyl (C=O) groups is 1. The molecule has 16 heavy (non-hydrogen) atoms. The van der Waals surface area contributed by atoms with Crippen molar-refractivity contribution in [1.82, 2.24) is 5.32 Å². The van der Waals surface area contributed by atoms with Gasteiger partial charge in [-0.3, -0.25) is 4.79 Å². The Hall–Kier alpha value is -1.07. The van der Waals surface area contributed by atoms with E-state index < -0.39 is 0 Å². The van der Waals surface area contributed by atoms with Crippen molar-refractivity contribution in [2.45, 2.75) is 6.92 Å². The Morgan fingerprint density at radius 2 is 2.31 bits per heavy atom. The molecule has 0 spiro atoms. The van der Waals surface area contributed by atoms with Crippen molar-refractivity contribution in [1.29, 1.82) is 0 Å². The minimum Gasteiger partial charge on any atom is -0.491 e. The van der Waals surface area contributed by atoms with E-state index in [1.807, 2.05) is 25.1 Å². The van der Waals surface area contributed by atoms with E-state index in [1.54, 1.807) is 0 Å². The van der Waals surface area contributed by atoms with Crippen molar-refractivity contribution < 1.29 is 9.53 Å². The maximum atomic E-state index is 10.4. The molecule has 0 aliphatic carbocycles. The highest BCUT2D eigenvalue weighted by molar-refractivity contribution is 9.10. The van der Waals surface area contributed by atoms with Crippen molar-refractivity contribution in [3.05, 3.63) is 28.2 Å². The fourth-order valence-corrected chi connectivity index (χ4v) is 1.78. The Morgan fingerprint density at radius 1 is 1.56 bits per heavy atom. The fourth-order valence-electron chi connectivity index (χ4n) is 1.17.